The second kappa shape index (κ2) is 5.44. The Balaban J connectivity index is 2.71. The number of hydrogen-bond donors (Lipinski definition) is 0. The Morgan fingerprint density at radius 1 is 1.27 bits per heavy atom. The molecule has 1 rings (SSSR count). The van der Waals surface area contributed by atoms with E-state index in [1.54, 1.807) is 14.2 Å². The van der Waals surface area contributed by atoms with Gasteiger partial charge in [0.2, 0.25) is 0 Å². The molecule has 1 saturated heterocycles. The smallest absolute Gasteiger partial charge is 0.303 e. The van der Waals surface area contributed by atoms with E-state index in [0.29, 0.717) is 6.61 Å². The molecule has 1 aliphatic heterocycles. The van der Waals surface area contributed by atoms with E-state index in [1.807, 2.05) is 6.92 Å². The van der Waals surface area contributed by atoms with Gasteiger partial charge in [-0.3, -0.25) is 4.79 Å². The highest BCUT2D eigenvalue weighted by Gasteiger charge is 2.41. The van der Waals surface area contributed by atoms with E-state index >= 15 is 0 Å². The van der Waals surface area contributed by atoms with E-state index < -0.39 is 6.10 Å². The van der Waals surface area contributed by atoms with E-state index in [0.717, 1.165) is 0 Å². The van der Waals surface area contributed by atoms with Crippen LogP contribution in [-0.4, -0.2) is 51.2 Å². The van der Waals surface area contributed by atoms with Gasteiger partial charge in [0.05, 0.1) is 12.7 Å². The fourth-order valence-electron chi connectivity index (χ4n) is 1.76. The van der Waals surface area contributed by atoms with E-state index in [4.69, 9.17) is 18.9 Å². The summed E-state index contributed by atoms with van der Waals surface area (Å²) in [5.41, 5.74) is 0. The summed E-state index contributed by atoms with van der Waals surface area (Å²) in [6.45, 7) is 3.68. The number of carbonyl (C=O) groups excluding carboxylic acids is 1. The van der Waals surface area contributed by atoms with Crippen molar-refractivity contribution in [3.05, 3.63) is 0 Å². The summed E-state index contributed by atoms with van der Waals surface area (Å²) in [6, 6.07) is 0. The SMILES string of the molecule is COC1COC(C)C(OC(C)=O)C1OC. The lowest BCUT2D eigenvalue weighted by Gasteiger charge is -2.39. The lowest BCUT2D eigenvalue weighted by atomic mass is 10.0. The van der Waals surface area contributed by atoms with Gasteiger partial charge in [-0.2, -0.15) is 0 Å². The Kier molecular flexibility index (Phi) is 4.50. The van der Waals surface area contributed by atoms with Crippen molar-refractivity contribution in [2.24, 2.45) is 0 Å². The molecule has 1 fully saturated rings. The average Bonchev–Trinajstić information content (AvgIpc) is 2.20. The zero-order valence-electron chi connectivity index (χ0n) is 9.56. The molecule has 0 amide bonds. The highest BCUT2D eigenvalue weighted by molar-refractivity contribution is 5.66. The van der Waals surface area contributed by atoms with Crippen LogP contribution in [0, 0.1) is 0 Å². The molecular weight excluding hydrogens is 200 g/mol. The number of rotatable bonds is 3. The van der Waals surface area contributed by atoms with Crippen LogP contribution in [0.15, 0.2) is 0 Å². The monoisotopic (exact) mass is 218 g/mol. The average molecular weight is 218 g/mol. The lowest BCUT2D eigenvalue weighted by molar-refractivity contribution is -0.214. The van der Waals surface area contributed by atoms with Gasteiger partial charge in [-0.1, -0.05) is 0 Å². The molecule has 0 N–H and O–H groups in total. The maximum Gasteiger partial charge on any atom is 0.303 e. The summed E-state index contributed by atoms with van der Waals surface area (Å²) in [6.07, 6.45) is -1.06. The molecule has 0 radical (unpaired) electrons. The first-order chi connectivity index (χ1) is 7.10. The van der Waals surface area contributed by atoms with Crippen molar-refractivity contribution < 1.29 is 23.7 Å². The van der Waals surface area contributed by atoms with Crippen LogP contribution in [0.3, 0.4) is 0 Å². The van der Waals surface area contributed by atoms with Gasteiger partial charge in [-0.05, 0) is 6.92 Å². The fraction of sp³-hybridized carbons (Fsp3) is 0.900. The first-order valence-corrected chi connectivity index (χ1v) is 4.94. The molecular formula is C10H18O5. The van der Waals surface area contributed by atoms with Crippen LogP contribution in [0.4, 0.5) is 0 Å². The molecule has 0 aromatic heterocycles. The summed E-state index contributed by atoms with van der Waals surface area (Å²) in [5, 5.41) is 0. The minimum absolute atomic E-state index is 0.176. The molecule has 0 aromatic rings. The van der Waals surface area contributed by atoms with Crippen LogP contribution in [-0.2, 0) is 23.7 Å². The lowest BCUT2D eigenvalue weighted by Crippen LogP contribution is -2.55. The molecule has 0 saturated carbocycles. The zero-order chi connectivity index (χ0) is 11.4. The van der Waals surface area contributed by atoms with Gasteiger partial charge >= 0.3 is 5.97 Å². The van der Waals surface area contributed by atoms with Crippen molar-refractivity contribution in [2.75, 3.05) is 20.8 Å². The molecule has 4 unspecified atom stereocenters. The molecule has 1 aliphatic rings. The van der Waals surface area contributed by atoms with Crippen molar-refractivity contribution in [3.63, 3.8) is 0 Å². The van der Waals surface area contributed by atoms with Gasteiger partial charge in [0.15, 0.2) is 6.10 Å². The predicted octanol–water partition coefficient (Wildman–Crippen LogP) is 0.367. The van der Waals surface area contributed by atoms with Crippen molar-refractivity contribution in [2.45, 2.75) is 38.3 Å². The van der Waals surface area contributed by atoms with Crippen molar-refractivity contribution in [1.29, 1.82) is 0 Å². The largest absolute Gasteiger partial charge is 0.457 e. The Bertz CT molecular complexity index is 218. The van der Waals surface area contributed by atoms with Gasteiger partial charge in [0.25, 0.3) is 0 Å². The van der Waals surface area contributed by atoms with Crippen molar-refractivity contribution in [1.82, 2.24) is 0 Å². The Morgan fingerprint density at radius 2 is 1.93 bits per heavy atom. The summed E-state index contributed by atoms with van der Waals surface area (Å²) >= 11 is 0. The van der Waals surface area contributed by atoms with Crippen LogP contribution in [0.2, 0.25) is 0 Å². The highest BCUT2D eigenvalue weighted by Crippen LogP contribution is 2.22. The Labute approximate surface area is 89.6 Å². The van der Waals surface area contributed by atoms with Gasteiger partial charge in [0.1, 0.15) is 12.2 Å². The molecule has 5 nitrogen and oxygen atoms in total. The van der Waals surface area contributed by atoms with Crippen LogP contribution in [0.5, 0.6) is 0 Å². The topological polar surface area (TPSA) is 54.0 Å². The molecule has 0 aromatic carbocycles. The van der Waals surface area contributed by atoms with E-state index in [1.165, 1.54) is 6.92 Å². The molecule has 4 atom stereocenters. The van der Waals surface area contributed by atoms with Crippen molar-refractivity contribution in [3.8, 4) is 0 Å². The third-order valence-corrected chi connectivity index (χ3v) is 2.55. The number of methoxy groups -OCH3 is 2. The molecule has 0 spiro atoms. The van der Waals surface area contributed by atoms with E-state index in [2.05, 4.69) is 0 Å². The summed E-state index contributed by atoms with van der Waals surface area (Å²) in [7, 11) is 3.16. The van der Waals surface area contributed by atoms with Crippen molar-refractivity contribution >= 4 is 5.97 Å². The van der Waals surface area contributed by atoms with Gasteiger partial charge < -0.3 is 18.9 Å². The number of hydrogen-bond acceptors (Lipinski definition) is 5. The van der Waals surface area contributed by atoms with Crippen LogP contribution in [0.1, 0.15) is 13.8 Å². The van der Waals surface area contributed by atoms with Gasteiger partial charge in [0, 0.05) is 21.1 Å². The first kappa shape index (κ1) is 12.4. The standard InChI is InChI=1S/C10H18O5/c1-6-9(15-7(2)11)10(13-4)8(12-3)5-14-6/h6,8-10H,5H2,1-4H3. The number of carbonyl (C=O) groups is 1. The molecule has 0 bridgehead atoms. The van der Waals surface area contributed by atoms with Gasteiger partial charge in [-0.25, -0.2) is 0 Å². The predicted molar refractivity (Wildman–Crippen MR) is 52.6 cm³/mol. The zero-order valence-corrected chi connectivity index (χ0v) is 9.56. The van der Waals surface area contributed by atoms with Gasteiger partial charge in [-0.15, -0.1) is 0 Å². The third-order valence-electron chi connectivity index (χ3n) is 2.55. The van der Waals surface area contributed by atoms with Crippen LogP contribution < -0.4 is 0 Å². The molecule has 88 valence electrons. The summed E-state index contributed by atoms with van der Waals surface area (Å²) < 4.78 is 21.1. The fourth-order valence-corrected chi connectivity index (χ4v) is 1.76. The second-order valence-corrected chi connectivity index (χ2v) is 3.59. The molecule has 15 heavy (non-hydrogen) atoms. The minimum Gasteiger partial charge on any atom is -0.457 e. The van der Waals surface area contributed by atoms with E-state index in [9.17, 15) is 4.79 Å². The Morgan fingerprint density at radius 3 is 2.40 bits per heavy atom. The minimum atomic E-state index is -0.411. The summed E-state index contributed by atoms with van der Waals surface area (Å²) in [4.78, 5) is 10.9. The number of esters is 1. The third kappa shape index (κ3) is 2.90. The summed E-state index contributed by atoms with van der Waals surface area (Å²) in [5.74, 6) is -0.339. The number of ether oxygens (including phenoxy) is 4. The highest BCUT2D eigenvalue weighted by atomic mass is 16.6. The maximum atomic E-state index is 10.9. The Hall–Kier alpha value is -0.650. The quantitative estimate of drug-likeness (QED) is 0.640. The maximum absolute atomic E-state index is 10.9. The van der Waals surface area contributed by atoms with Crippen LogP contribution >= 0.6 is 0 Å². The van der Waals surface area contributed by atoms with Crippen LogP contribution in [0.25, 0.3) is 0 Å². The molecule has 0 aliphatic carbocycles. The first-order valence-electron chi connectivity index (χ1n) is 4.94. The molecule has 5 heteroatoms. The second-order valence-electron chi connectivity index (χ2n) is 3.59. The molecule has 1 heterocycles. The normalized spacial score (nSPS) is 36.3. The van der Waals surface area contributed by atoms with E-state index in [-0.39, 0.29) is 24.3 Å².